The van der Waals surface area contributed by atoms with Crippen molar-refractivity contribution in [3.63, 3.8) is 0 Å². The monoisotopic (exact) mass is 457 g/mol. The Hall–Kier alpha value is -3.75. The fourth-order valence-electron chi connectivity index (χ4n) is 5.24. The van der Waals surface area contributed by atoms with Gasteiger partial charge in [0.25, 0.3) is 5.56 Å². The van der Waals surface area contributed by atoms with Crippen molar-refractivity contribution in [2.45, 2.75) is 52.0 Å². The van der Waals surface area contributed by atoms with Gasteiger partial charge in [-0.1, -0.05) is 12.8 Å². The standard InChI is InChI=1S/C25H27N7O2/c1-14-18-13-26-24(29-22(18)32(16-6-3-4-7-16)23(34)21(14)15(2)33)30-25-27-19-9-8-17(12-20(19)28-25)31-10-5-11-31/h8-9,12-13,16H,3-7,10-11H2,1-2H3,(H2,26,27,28,29,30). The molecule has 9 nitrogen and oxygen atoms in total. The van der Waals surface area contributed by atoms with Crippen molar-refractivity contribution in [1.82, 2.24) is 24.5 Å². The van der Waals surface area contributed by atoms with Gasteiger partial charge in [0.15, 0.2) is 5.78 Å². The number of H-pyrrole nitrogens is 1. The molecule has 9 heteroatoms. The fourth-order valence-corrected chi connectivity index (χ4v) is 5.24. The number of imidazole rings is 1. The number of Topliss-reactive ketones (excluding diaryl/α,β-unsaturated/α-hetero) is 1. The van der Waals surface area contributed by atoms with Gasteiger partial charge in [-0.15, -0.1) is 0 Å². The van der Waals surface area contributed by atoms with Crippen LogP contribution in [0.15, 0.2) is 29.2 Å². The van der Waals surface area contributed by atoms with E-state index in [-0.39, 0.29) is 22.9 Å². The molecule has 1 saturated carbocycles. The summed E-state index contributed by atoms with van der Waals surface area (Å²) >= 11 is 0. The quantitative estimate of drug-likeness (QED) is 0.431. The lowest BCUT2D eigenvalue weighted by Crippen LogP contribution is -2.36. The van der Waals surface area contributed by atoms with Crippen molar-refractivity contribution in [3.8, 4) is 0 Å². The van der Waals surface area contributed by atoms with Crippen molar-refractivity contribution in [2.24, 2.45) is 0 Å². The van der Waals surface area contributed by atoms with Crippen LogP contribution in [0.4, 0.5) is 17.6 Å². The highest BCUT2D eigenvalue weighted by Crippen LogP contribution is 2.32. The van der Waals surface area contributed by atoms with Gasteiger partial charge in [-0.3, -0.25) is 19.5 Å². The maximum absolute atomic E-state index is 13.4. The van der Waals surface area contributed by atoms with E-state index >= 15 is 0 Å². The van der Waals surface area contributed by atoms with E-state index in [1.807, 2.05) is 6.07 Å². The molecular weight excluding hydrogens is 430 g/mol. The predicted molar refractivity (Wildman–Crippen MR) is 132 cm³/mol. The van der Waals surface area contributed by atoms with Crippen LogP contribution in [0.1, 0.15) is 61.0 Å². The van der Waals surface area contributed by atoms with Gasteiger partial charge in [-0.25, -0.2) is 9.97 Å². The Balaban J connectivity index is 1.42. The Morgan fingerprint density at radius 1 is 1.15 bits per heavy atom. The summed E-state index contributed by atoms with van der Waals surface area (Å²) in [6, 6.07) is 6.26. The molecule has 2 aliphatic rings. The fraction of sp³-hybridized carbons (Fsp3) is 0.400. The lowest BCUT2D eigenvalue weighted by atomic mass is 10.0. The second kappa shape index (κ2) is 7.93. The number of pyridine rings is 1. The molecule has 3 aromatic heterocycles. The van der Waals surface area contributed by atoms with E-state index in [0.29, 0.717) is 23.1 Å². The average molecular weight is 458 g/mol. The summed E-state index contributed by atoms with van der Waals surface area (Å²) in [7, 11) is 0. The van der Waals surface area contributed by atoms with Crippen LogP contribution in [0.25, 0.3) is 22.1 Å². The van der Waals surface area contributed by atoms with Crippen molar-refractivity contribution >= 4 is 45.4 Å². The number of nitrogens with zero attached hydrogens (tertiary/aromatic N) is 5. The van der Waals surface area contributed by atoms with Crippen molar-refractivity contribution in [1.29, 1.82) is 0 Å². The molecule has 0 unspecified atom stereocenters. The molecule has 1 aromatic carbocycles. The summed E-state index contributed by atoms with van der Waals surface area (Å²) < 4.78 is 1.72. The predicted octanol–water partition coefficient (Wildman–Crippen LogP) is 4.25. The van der Waals surface area contributed by atoms with Gasteiger partial charge in [0, 0.05) is 36.4 Å². The molecule has 0 atom stereocenters. The molecule has 0 spiro atoms. The summed E-state index contributed by atoms with van der Waals surface area (Å²) in [5.74, 6) is 0.677. The number of nitrogens with one attached hydrogen (secondary N) is 2. The van der Waals surface area contributed by atoms with Crippen LogP contribution in [0.3, 0.4) is 0 Å². The number of anilines is 3. The molecule has 1 aliphatic heterocycles. The lowest BCUT2D eigenvalue weighted by molar-refractivity contribution is 0.101. The number of aryl methyl sites for hydroxylation is 1. The molecular formula is C25H27N7O2. The van der Waals surface area contributed by atoms with Gasteiger partial charge >= 0.3 is 0 Å². The normalized spacial score (nSPS) is 16.4. The molecule has 2 N–H and O–H groups in total. The Morgan fingerprint density at radius 3 is 2.65 bits per heavy atom. The van der Waals surface area contributed by atoms with Gasteiger partial charge in [0.1, 0.15) is 5.65 Å². The summed E-state index contributed by atoms with van der Waals surface area (Å²) in [6.07, 6.45) is 6.87. The highest BCUT2D eigenvalue weighted by molar-refractivity contribution is 5.99. The zero-order valence-electron chi connectivity index (χ0n) is 19.4. The molecule has 174 valence electrons. The van der Waals surface area contributed by atoms with Gasteiger partial charge < -0.3 is 9.88 Å². The van der Waals surface area contributed by atoms with E-state index < -0.39 is 0 Å². The van der Waals surface area contributed by atoms with E-state index in [4.69, 9.17) is 4.98 Å². The second-order valence-electron chi connectivity index (χ2n) is 9.35. The van der Waals surface area contributed by atoms with Gasteiger partial charge in [0.05, 0.1) is 16.6 Å². The third kappa shape index (κ3) is 3.34. The van der Waals surface area contributed by atoms with E-state index in [0.717, 1.165) is 55.2 Å². The molecule has 1 saturated heterocycles. The van der Waals surface area contributed by atoms with Crippen LogP contribution in [0.5, 0.6) is 0 Å². The first kappa shape index (κ1) is 20.8. The third-order valence-corrected chi connectivity index (χ3v) is 7.17. The Kier molecular flexibility index (Phi) is 4.86. The molecule has 1 aliphatic carbocycles. The van der Waals surface area contributed by atoms with E-state index in [2.05, 4.69) is 37.3 Å². The van der Waals surface area contributed by atoms with Crippen LogP contribution in [0.2, 0.25) is 0 Å². The zero-order valence-corrected chi connectivity index (χ0v) is 19.4. The zero-order chi connectivity index (χ0) is 23.4. The van der Waals surface area contributed by atoms with Crippen molar-refractivity contribution in [2.75, 3.05) is 23.3 Å². The van der Waals surface area contributed by atoms with Crippen LogP contribution in [-0.2, 0) is 0 Å². The van der Waals surface area contributed by atoms with E-state index in [1.54, 1.807) is 17.7 Å². The summed E-state index contributed by atoms with van der Waals surface area (Å²) in [5.41, 5.74) is 4.17. The number of hydrogen-bond donors (Lipinski definition) is 2. The van der Waals surface area contributed by atoms with Crippen LogP contribution in [-0.4, -0.2) is 43.4 Å². The summed E-state index contributed by atoms with van der Waals surface area (Å²) in [4.78, 5) is 45.2. The lowest BCUT2D eigenvalue weighted by Gasteiger charge is -2.33. The average Bonchev–Trinajstić information content (AvgIpc) is 3.42. The molecule has 0 bridgehead atoms. The minimum Gasteiger partial charge on any atom is -0.371 e. The topological polar surface area (TPSA) is 109 Å². The molecule has 2 fully saturated rings. The van der Waals surface area contributed by atoms with E-state index in [1.165, 1.54) is 19.0 Å². The summed E-state index contributed by atoms with van der Waals surface area (Å²) in [6.45, 7) is 5.41. The number of carbonyl (C=O) groups excluding carboxylic acids is 1. The largest absolute Gasteiger partial charge is 0.371 e. The first-order chi connectivity index (χ1) is 16.5. The molecule has 34 heavy (non-hydrogen) atoms. The number of aromatic amines is 1. The minimum absolute atomic E-state index is 0.0441. The van der Waals surface area contributed by atoms with E-state index in [9.17, 15) is 9.59 Å². The summed E-state index contributed by atoms with van der Waals surface area (Å²) in [5, 5.41) is 3.90. The number of benzene rings is 1. The SMILES string of the molecule is CC(=O)c1c(C)c2cnc(Nc3nc4ccc(N5CCC5)cc4[nH]3)nc2n(C2CCCC2)c1=O. The third-order valence-electron chi connectivity index (χ3n) is 7.17. The highest BCUT2D eigenvalue weighted by atomic mass is 16.1. The number of aromatic nitrogens is 5. The first-order valence-electron chi connectivity index (χ1n) is 11.9. The van der Waals surface area contributed by atoms with Crippen molar-refractivity contribution < 1.29 is 4.79 Å². The number of carbonyl (C=O) groups is 1. The van der Waals surface area contributed by atoms with Crippen LogP contribution in [0, 0.1) is 6.92 Å². The number of hydrogen-bond acceptors (Lipinski definition) is 7. The van der Waals surface area contributed by atoms with Gasteiger partial charge in [-0.2, -0.15) is 4.98 Å². The Bertz CT molecular complexity index is 1490. The van der Waals surface area contributed by atoms with Gasteiger partial charge in [0.2, 0.25) is 11.9 Å². The smallest absolute Gasteiger partial charge is 0.263 e. The molecule has 0 amide bonds. The molecule has 6 rings (SSSR count). The maximum atomic E-state index is 13.4. The van der Waals surface area contributed by atoms with Crippen molar-refractivity contribution in [3.05, 3.63) is 45.9 Å². The number of ketones is 1. The minimum atomic E-state index is -0.253. The number of rotatable bonds is 5. The second-order valence-corrected chi connectivity index (χ2v) is 9.35. The maximum Gasteiger partial charge on any atom is 0.263 e. The first-order valence-corrected chi connectivity index (χ1v) is 11.9. The highest BCUT2D eigenvalue weighted by Gasteiger charge is 2.26. The van der Waals surface area contributed by atoms with Crippen LogP contribution >= 0.6 is 0 Å². The Labute approximate surface area is 196 Å². The van der Waals surface area contributed by atoms with Gasteiger partial charge in [-0.05, 0) is 56.9 Å². The molecule has 0 radical (unpaired) electrons. The number of fused-ring (bicyclic) bond motifs is 2. The Morgan fingerprint density at radius 2 is 1.94 bits per heavy atom. The van der Waals surface area contributed by atoms with Crippen LogP contribution < -0.4 is 15.8 Å². The molecule has 4 heterocycles. The molecule has 4 aromatic rings.